The predicted octanol–water partition coefficient (Wildman–Crippen LogP) is 9.56. The Bertz CT molecular complexity index is 2480. The van der Waals surface area contributed by atoms with Gasteiger partial charge in [0.15, 0.2) is 12.6 Å². The van der Waals surface area contributed by atoms with E-state index in [9.17, 15) is 9.90 Å². The molecular formula is C48H61F2N5O7Si. The summed E-state index contributed by atoms with van der Waals surface area (Å²) in [6.07, 6.45) is 2.03. The lowest BCUT2D eigenvalue weighted by molar-refractivity contribution is 0.000927. The van der Waals surface area contributed by atoms with E-state index in [1.54, 1.807) is 18.2 Å². The second-order valence-corrected chi connectivity index (χ2v) is 25.5. The molecule has 15 heteroatoms. The van der Waals surface area contributed by atoms with Gasteiger partial charge >= 0.3 is 12.1 Å². The van der Waals surface area contributed by atoms with Gasteiger partial charge in [0, 0.05) is 30.0 Å². The van der Waals surface area contributed by atoms with Gasteiger partial charge < -0.3 is 33.7 Å². The third-order valence-corrected chi connectivity index (χ3v) is 20.1. The first kappa shape index (κ1) is 44.8. The molecule has 1 amide bonds. The molecule has 0 unspecified atom stereocenters. The second-order valence-electron chi connectivity index (χ2n) is 19.9. The van der Waals surface area contributed by atoms with Gasteiger partial charge in [0.05, 0.1) is 36.9 Å². The van der Waals surface area contributed by atoms with Crippen molar-refractivity contribution in [3.8, 4) is 40.4 Å². The van der Waals surface area contributed by atoms with Gasteiger partial charge in [0.2, 0.25) is 5.88 Å². The van der Waals surface area contributed by atoms with Crippen LogP contribution >= 0.6 is 0 Å². The lowest BCUT2D eigenvalue weighted by Crippen LogP contribution is -2.65. The van der Waals surface area contributed by atoms with Crippen LogP contribution in [0.5, 0.6) is 17.6 Å². The number of fused-ring (bicyclic) bond motifs is 6. The SMILES string of the molecule is COCOc1cc(-c2nc3c4c(nc(OCC5(CO)CC5)nc4c2F)N2C[C@H]4CC[C@@H]([C@H]2[C@H](C)O3)N4C(=O)OC(C)(C)C)c2c(C#C[Si](C(C)C)(C(C)C)C(C)C)c(F)ccc2c1. The number of aliphatic hydroxyl groups is 1. The molecule has 8 rings (SSSR count). The fraction of sp³-hybridized carbons (Fsp3) is 0.583. The molecule has 12 nitrogen and oxygen atoms in total. The Balaban J connectivity index is 1.36. The number of methoxy groups -OCH3 is 1. The number of nitrogens with zero attached hydrogens (tertiary/aromatic N) is 5. The fourth-order valence-electron chi connectivity index (χ4n) is 10.5. The van der Waals surface area contributed by atoms with Crippen molar-refractivity contribution in [1.29, 1.82) is 0 Å². The highest BCUT2D eigenvalue weighted by molar-refractivity contribution is 6.90. The van der Waals surface area contributed by atoms with E-state index in [4.69, 9.17) is 38.6 Å². The van der Waals surface area contributed by atoms with Gasteiger partial charge in [0.1, 0.15) is 53.8 Å². The Labute approximate surface area is 370 Å². The Morgan fingerprint density at radius 2 is 1.73 bits per heavy atom. The zero-order chi connectivity index (χ0) is 45.3. The molecule has 3 aliphatic heterocycles. The van der Waals surface area contributed by atoms with E-state index in [0.29, 0.717) is 35.3 Å². The van der Waals surface area contributed by atoms with E-state index in [1.165, 1.54) is 13.2 Å². The van der Waals surface area contributed by atoms with Gasteiger partial charge in [-0.3, -0.25) is 4.90 Å². The van der Waals surface area contributed by atoms with Crippen molar-refractivity contribution in [3.63, 3.8) is 0 Å². The lowest BCUT2D eigenvalue weighted by atomic mass is 9.95. The van der Waals surface area contributed by atoms with Crippen molar-refractivity contribution in [2.45, 2.75) is 141 Å². The highest BCUT2D eigenvalue weighted by atomic mass is 28.3. The molecule has 2 saturated heterocycles. The second kappa shape index (κ2) is 16.6. The number of amides is 1. The van der Waals surface area contributed by atoms with Crippen LogP contribution in [0.4, 0.5) is 19.4 Å². The van der Waals surface area contributed by atoms with E-state index in [-0.39, 0.29) is 88.3 Å². The molecule has 1 N–H and O–H groups in total. The lowest BCUT2D eigenvalue weighted by Gasteiger charge is -2.48. The molecule has 2 aromatic heterocycles. The van der Waals surface area contributed by atoms with Crippen LogP contribution in [0, 0.1) is 28.5 Å². The van der Waals surface area contributed by atoms with Crippen LogP contribution in [0.1, 0.15) is 100 Å². The summed E-state index contributed by atoms with van der Waals surface area (Å²) in [5.41, 5.74) is 3.57. The molecule has 63 heavy (non-hydrogen) atoms. The minimum absolute atomic E-state index is 0.0606. The van der Waals surface area contributed by atoms with Crippen molar-refractivity contribution in [2.24, 2.45) is 5.41 Å². The number of carbonyl (C=O) groups excluding carboxylic acids is 1. The Morgan fingerprint density at radius 3 is 2.37 bits per heavy atom. The molecule has 338 valence electrons. The van der Waals surface area contributed by atoms with Gasteiger partial charge in [-0.1, -0.05) is 53.5 Å². The normalized spacial score (nSPS) is 21.3. The van der Waals surface area contributed by atoms with Crippen LogP contribution in [0.2, 0.25) is 16.6 Å². The third kappa shape index (κ3) is 7.94. The Kier molecular flexibility index (Phi) is 11.8. The standard InChI is InChI=1S/C48H61F2N5O7Si/c1-26(2)63(27(3)4,28(5)6)19-16-33-35(49)14-12-30-20-32(60-25-58-11)21-34(37(30)33)40-39(50)41-38-43(53-45(52-41)59-24-48(23-56)17-18-48)54-22-31-13-15-36(42(54)29(7)61-44(38)51-40)55(31)46(57)62-47(8,9)10/h12,14,20-21,26-29,31,36,42,56H,13,15,17-18,22-25H2,1-11H3/t29-,31+,36-,42+/m0/s1. The van der Waals surface area contributed by atoms with Gasteiger partial charge in [-0.25, -0.2) is 18.6 Å². The smallest absolute Gasteiger partial charge is 0.410 e. The topological polar surface area (TPSA) is 129 Å². The van der Waals surface area contributed by atoms with Crippen LogP contribution in [0.3, 0.4) is 0 Å². The molecule has 0 spiro atoms. The minimum atomic E-state index is -2.35. The van der Waals surface area contributed by atoms with Crippen LogP contribution in [-0.4, -0.2) is 103 Å². The number of pyridine rings is 1. The van der Waals surface area contributed by atoms with Crippen molar-refractivity contribution in [3.05, 3.63) is 41.5 Å². The number of carbonyl (C=O) groups is 1. The van der Waals surface area contributed by atoms with Crippen molar-refractivity contribution >= 4 is 41.7 Å². The predicted molar refractivity (Wildman–Crippen MR) is 241 cm³/mol. The summed E-state index contributed by atoms with van der Waals surface area (Å²) < 4.78 is 64.7. The zero-order valence-electron chi connectivity index (χ0n) is 38.4. The molecule has 1 aliphatic carbocycles. The monoisotopic (exact) mass is 885 g/mol. The summed E-state index contributed by atoms with van der Waals surface area (Å²) in [5, 5.41) is 11.3. The van der Waals surface area contributed by atoms with Crippen LogP contribution < -0.4 is 19.1 Å². The van der Waals surface area contributed by atoms with E-state index >= 15 is 8.78 Å². The quantitative estimate of drug-likeness (QED) is 0.0879. The molecule has 5 heterocycles. The molecule has 1 saturated carbocycles. The number of anilines is 1. The summed E-state index contributed by atoms with van der Waals surface area (Å²) in [4.78, 5) is 32.4. The number of ether oxygens (including phenoxy) is 5. The van der Waals surface area contributed by atoms with E-state index in [1.807, 2.05) is 32.6 Å². The van der Waals surface area contributed by atoms with Gasteiger partial charge in [-0.2, -0.15) is 9.97 Å². The number of hydrogen-bond donors (Lipinski definition) is 1. The molecule has 4 aliphatic rings. The molecule has 2 bridgehead atoms. The first-order chi connectivity index (χ1) is 29.8. The minimum Gasteiger partial charge on any atom is -0.472 e. The molecular weight excluding hydrogens is 825 g/mol. The number of aromatic nitrogens is 3. The largest absolute Gasteiger partial charge is 0.472 e. The molecule has 4 aromatic rings. The van der Waals surface area contributed by atoms with Crippen LogP contribution in [-0.2, 0) is 9.47 Å². The number of piperazine rings is 1. The van der Waals surface area contributed by atoms with Crippen molar-refractivity contribution < 1.29 is 42.4 Å². The Morgan fingerprint density at radius 1 is 1.02 bits per heavy atom. The van der Waals surface area contributed by atoms with Crippen molar-refractivity contribution in [2.75, 3.05) is 38.6 Å². The summed E-state index contributed by atoms with van der Waals surface area (Å²) in [7, 11) is -0.849. The highest BCUT2D eigenvalue weighted by Gasteiger charge is 2.54. The third-order valence-electron chi connectivity index (χ3n) is 13.8. The first-order valence-corrected chi connectivity index (χ1v) is 24.6. The zero-order valence-corrected chi connectivity index (χ0v) is 39.4. The van der Waals surface area contributed by atoms with Gasteiger partial charge in [0.25, 0.3) is 0 Å². The average molecular weight is 886 g/mol. The number of hydrogen-bond acceptors (Lipinski definition) is 11. The average Bonchev–Trinajstić information content (AvgIpc) is 3.96. The van der Waals surface area contributed by atoms with E-state index in [0.717, 1.165) is 19.3 Å². The number of rotatable bonds is 11. The summed E-state index contributed by atoms with van der Waals surface area (Å²) in [5.74, 6) is 2.83. The molecule has 4 atom stereocenters. The summed E-state index contributed by atoms with van der Waals surface area (Å²) >= 11 is 0. The Hall–Kier alpha value is -4.78. The fourth-order valence-corrected chi connectivity index (χ4v) is 15.7. The van der Waals surface area contributed by atoms with Crippen LogP contribution in [0.15, 0.2) is 24.3 Å². The molecule has 2 aromatic carbocycles. The number of aliphatic hydroxyl groups excluding tert-OH is 1. The number of halogens is 2. The number of benzene rings is 2. The first-order valence-electron chi connectivity index (χ1n) is 22.3. The highest BCUT2D eigenvalue weighted by Crippen LogP contribution is 2.49. The maximum Gasteiger partial charge on any atom is 0.410 e. The molecule has 3 fully saturated rings. The summed E-state index contributed by atoms with van der Waals surface area (Å²) in [6.45, 7) is 21.0. The molecule has 0 radical (unpaired) electrons. The van der Waals surface area contributed by atoms with Gasteiger partial charge in [-0.15, -0.1) is 5.54 Å². The van der Waals surface area contributed by atoms with Gasteiger partial charge in [-0.05, 0) is 93.6 Å². The van der Waals surface area contributed by atoms with E-state index in [2.05, 4.69) is 57.9 Å². The maximum absolute atomic E-state index is 18.0. The summed E-state index contributed by atoms with van der Waals surface area (Å²) in [6, 6.07) is 5.40. The van der Waals surface area contributed by atoms with Crippen molar-refractivity contribution in [1.82, 2.24) is 19.9 Å². The van der Waals surface area contributed by atoms with E-state index < -0.39 is 49.0 Å². The maximum atomic E-state index is 18.0. The van der Waals surface area contributed by atoms with Crippen LogP contribution in [0.25, 0.3) is 32.9 Å².